The Labute approximate surface area is 93.2 Å². The average Bonchev–Trinajstić information content (AvgIpc) is 2.28. The Hall–Kier alpha value is -0.570. The van der Waals surface area contributed by atoms with Gasteiger partial charge in [-0.3, -0.25) is 4.79 Å². The third kappa shape index (κ3) is 3.49. The summed E-state index contributed by atoms with van der Waals surface area (Å²) in [5, 5.41) is 3.31. The Morgan fingerprint density at radius 2 is 1.93 bits per heavy atom. The number of rotatable bonds is 4. The Balaban J connectivity index is 2.35. The number of nitrogens with zero attached hydrogens (tertiary/aromatic N) is 1. The lowest BCUT2D eigenvalue weighted by atomic mass is 9.90. The molecule has 0 saturated heterocycles. The summed E-state index contributed by atoms with van der Waals surface area (Å²) in [7, 11) is 3.99. The summed E-state index contributed by atoms with van der Waals surface area (Å²) in [6.07, 6.45) is 6.35. The lowest BCUT2D eigenvalue weighted by Crippen LogP contribution is -2.42. The molecular weight excluding hydrogens is 188 g/mol. The van der Waals surface area contributed by atoms with Gasteiger partial charge in [0.15, 0.2) is 0 Å². The molecule has 1 N–H and O–H groups in total. The third-order valence-electron chi connectivity index (χ3n) is 3.51. The summed E-state index contributed by atoms with van der Waals surface area (Å²) in [6, 6.07) is 1.14. The minimum atomic E-state index is 0.311. The fraction of sp³-hybridized carbons (Fsp3) is 0.917. The maximum Gasteiger partial charge on any atom is 0.222 e. The van der Waals surface area contributed by atoms with Crippen LogP contribution in [-0.4, -0.2) is 37.0 Å². The van der Waals surface area contributed by atoms with E-state index in [0.717, 1.165) is 19.3 Å². The highest BCUT2D eigenvalue weighted by atomic mass is 16.2. The molecule has 1 fully saturated rings. The van der Waals surface area contributed by atoms with Crippen molar-refractivity contribution in [3.8, 4) is 0 Å². The van der Waals surface area contributed by atoms with Crippen molar-refractivity contribution in [3.63, 3.8) is 0 Å². The summed E-state index contributed by atoms with van der Waals surface area (Å²) >= 11 is 0. The smallest absolute Gasteiger partial charge is 0.222 e. The van der Waals surface area contributed by atoms with Crippen molar-refractivity contribution in [2.45, 2.75) is 57.5 Å². The van der Waals surface area contributed by atoms with Crippen LogP contribution in [0.2, 0.25) is 0 Å². The molecule has 1 rings (SSSR count). The van der Waals surface area contributed by atoms with E-state index in [-0.39, 0.29) is 0 Å². The second kappa shape index (κ2) is 6.11. The van der Waals surface area contributed by atoms with Crippen LogP contribution < -0.4 is 5.32 Å². The van der Waals surface area contributed by atoms with Crippen molar-refractivity contribution in [1.82, 2.24) is 10.2 Å². The maximum absolute atomic E-state index is 11.7. The first-order valence-corrected chi connectivity index (χ1v) is 6.12. The molecule has 0 bridgehead atoms. The van der Waals surface area contributed by atoms with Crippen LogP contribution in [0.15, 0.2) is 0 Å². The molecule has 0 heterocycles. The highest BCUT2D eigenvalue weighted by molar-refractivity contribution is 5.76. The molecule has 88 valence electrons. The number of amides is 1. The van der Waals surface area contributed by atoms with Crippen LogP contribution in [0, 0.1) is 0 Å². The van der Waals surface area contributed by atoms with E-state index in [9.17, 15) is 4.79 Å². The van der Waals surface area contributed by atoms with E-state index in [1.54, 1.807) is 0 Å². The molecule has 1 aliphatic rings. The van der Waals surface area contributed by atoms with E-state index >= 15 is 0 Å². The van der Waals surface area contributed by atoms with Gasteiger partial charge in [-0.1, -0.05) is 6.92 Å². The Morgan fingerprint density at radius 1 is 1.33 bits per heavy atom. The zero-order valence-electron chi connectivity index (χ0n) is 10.3. The molecule has 0 spiro atoms. The van der Waals surface area contributed by atoms with Crippen LogP contribution in [0.4, 0.5) is 0 Å². The molecule has 0 unspecified atom stereocenters. The minimum Gasteiger partial charge on any atom is -0.343 e. The van der Waals surface area contributed by atoms with Crippen LogP contribution in [0.25, 0.3) is 0 Å². The minimum absolute atomic E-state index is 0.311. The topological polar surface area (TPSA) is 32.3 Å². The van der Waals surface area contributed by atoms with Crippen LogP contribution in [0.3, 0.4) is 0 Å². The number of hydrogen-bond donors (Lipinski definition) is 1. The molecule has 0 aliphatic heterocycles. The van der Waals surface area contributed by atoms with Gasteiger partial charge in [0.25, 0.3) is 0 Å². The van der Waals surface area contributed by atoms with Crippen LogP contribution in [0.1, 0.15) is 45.4 Å². The highest BCUT2D eigenvalue weighted by Crippen LogP contribution is 2.22. The average molecular weight is 212 g/mol. The molecule has 0 aromatic heterocycles. The van der Waals surface area contributed by atoms with Crippen molar-refractivity contribution in [3.05, 3.63) is 0 Å². The molecule has 1 amide bonds. The summed E-state index contributed by atoms with van der Waals surface area (Å²) in [6.45, 7) is 2.06. The quantitative estimate of drug-likeness (QED) is 0.770. The van der Waals surface area contributed by atoms with Gasteiger partial charge < -0.3 is 10.2 Å². The Bertz CT molecular complexity index is 198. The third-order valence-corrected chi connectivity index (χ3v) is 3.51. The summed E-state index contributed by atoms with van der Waals surface area (Å²) in [5.74, 6) is 0.311. The maximum atomic E-state index is 11.7. The van der Waals surface area contributed by atoms with E-state index in [1.807, 2.05) is 19.0 Å². The van der Waals surface area contributed by atoms with Gasteiger partial charge in [0.05, 0.1) is 0 Å². The summed E-state index contributed by atoms with van der Waals surface area (Å²) < 4.78 is 0. The fourth-order valence-corrected chi connectivity index (χ4v) is 2.35. The van der Waals surface area contributed by atoms with Gasteiger partial charge in [-0.15, -0.1) is 0 Å². The van der Waals surface area contributed by atoms with Gasteiger partial charge in [-0.05, 0) is 39.2 Å². The molecule has 0 aromatic carbocycles. The van der Waals surface area contributed by atoms with Gasteiger partial charge in [0.2, 0.25) is 5.91 Å². The SMILES string of the molecule is CCCC(=O)N(C)C1CCC(NC)CC1. The number of hydrogen-bond acceptors (Lipinski definition) is 2. The molecule has 1 saturated carbocycles. The second-order valence-electron chi connectivity index (χ2n) is 4.55. The van der Waals surface area contributed by atoms with Crippen molar-refractivity contribution in [2.24, 2.45) is 0 Å². The second-order valence-corrected chi connectivity index (χ2v) is 4.55. The van der Waals surface area contributed by atoms with Crippen LogP contribution in [0.5, 0.6) is 0 Å². The standard InChI is InChI=1S/C12H24N2O/c1-4-5-12(15)14(3)11-8-6-10(13-2)7-9-11/h10-11,13H,4-9H2,1-3H3. The number of carbonyl (C=O) groups excluding carboxylic acids is 1. The number of nitrogens with one attached hydrogen (secondary N) is 1. The monoisotopic (exact) mass is 212 g/mol. The van der Waals surface area contributed by atoms with Crippen molar-refractivity contribution in [2.75, 3.05) is 14.1 Å². The number of carbonyl (C=O) groups is 1. The lowest BCUT2D eigenvalue weighted by molar-refractivity contribution is -0.132. The summed E-state index contributed by atoms with van der Waals surface area (Å²) in [5.41, 5.74) is 0. The molecule has 0 aromatic rings. The van der Waals surface area contributed by atoms with E-state index in [0.29, 0.717) is 24.4 Å². The van der Waals surface area contributed by atoms with E-state index in [2.05, 4.69) is 12.2 Å². The van der Waals surface area contributed by atoms with Crippen molar-refractivity contribution < 1.29 is 4.79 Å². The fourth-order valence-electron chi connectivity index (χ4n) is 2.35. The zero-order chi connectivity index (χ0) is 11.3. The Kier molecular flexibility index (Phi) is 5.09. The summed E-state index contributed by atoms with van der Waals surface area (Å²) in [4.78, 5) is 13.7. The van der Waals surface area contributed by atoms with E-state index in [1.165, 1.54) is 12.8 Å². The normalized spacial score (nSPS) is 26.3. The predicted molar refractivity (Wildman–Crippen MR) is 62.8 cm³/mol. The van der Waals surface area contributed by atoms with Gasteiger partial charge >= 0.3 is 0 Å². The van der Waals surface area contributed by atoms with Gasteiger partial charge in [-0.2, -0.15) is 0 Å². The van der Waals surface area contributed by atoms with Gasteiger partial charge in [0, 0.05) is 25.6 Å². The molecule has 3 nitrogen and oxygen atoms in total. The first-order valence-electron chi connectivity index (χ1n) is 6.12. The highest BCUT2D eigenvalue weighted by Gasteiger charge is 2.25. The Morgan fingerprint density at radius 3 is 2.40 bits per heavy atom. The largest absolute Gasteiger partial charge is 0.343 e. The zero-order valence-corrected chi connectivity index (χ0v) is 10.3. The van der Waals surface area contributed by atoms with E-state index < -0.39 is 0 Å². The van der Waals surface area contributed by atoms with Crippen molar-refractivity contribution in [1.29, 1.82) is 0 Å². The van der Waals surface area contributed by atoms with Gasteiger partial charge in [-0.25, -0.2) is 0 Å². The molecule has 15 heavy (non-hydrogen) atoms. The van der Waals surface area contributed by atoms with Crippen molar-refractivity contribution >= 4 is 5.91 Å². The van der Waals surface area contributed by atoms with Gasteiger partial charge in [0.1, 0.15) is 0 Å². The first-order chi connectivity index (χ1) is 7.19. The lowest BCUT2D eigenvalue weighted by Gasteiger charge is -2.34. The molecule has 0 atom stereocenters. The molecular formula is C12H24N2O. The first kappa shape index (κ1) is 12.5. The van der Waals surface area contributed by atoms with E-state index in [4.69, 9.17) is 0 Å². The van der Waals surface area contributed by atoms with Crippen LogP contribution >= 0.6 is 0 Å². The molecule has 3 heteroatoms. The van der Waals surface area contributed by atoms with Crippen LogP contribution in [-0.2, 0) is 4.79 Å². The predicted octanol–water partition coefficient (Wildman–Crippen LogP) is 1.78. The molecule has 0 radical (unpaired) electrons. The molecule has 1 aliphatic carbocycles.